The first-order valence-electron chi connectivity index (χ1n) is 6.12. The summed E-state index contributed by atoms with van der Waals surface area (Å²) in [4.78, 5) is 4.68. The molecule has 1 aliphatic carbocycles. The fourth-order valence-corrected chi connectivity index (χ4v) is 2.42. The molecule has 1 heterocycles. The van der Waals surface area contributed by atoms with Gasteiger partial charge in [0.05, 0.1) is 5.69 Å². The highest BCUT2D eigenvalue weighted by Gasteiger charge is 2.12. The van der Waals surface area contributed by atoms with Crippen LogP contribution in [0.15, 0.2) is 36.4 Å². The normalized spacial score (nSPS) is 14.4. The molecule has 1 aliphatic rings. The Balaban J connectivity index is 2.07. The van der Waals surface area contributed by atoms with Crippen LogP contribution in [0.25, 0.3) is 11.3 Å². The van der Waals surface area contributed by atoms with E-state index in [-0.39, 0.29) is 0 Å². The van der Waals surface area contributed by atoms with Gasteiger partial charge in [0.25, 0.3) is 0 Å². The van der Waals surface area contributed by atoms with E-state index in [1.54, 1.807) is 6.07 Å². The van der Waals surface area contributed by atoms with Gasteiger partial charge in [0.2, 0.25) is 0 Å². The van der Waals surface area contributed by atoms with E-state index in [4.69, 9.17) is 0 Å². The molecule has 3 rings (SSSR count). The number of hydrogen-bond donors (Lipinski definition) is 1. The van der Waals surface area contributed by atoms with E-state index in [2.05, 4.69) is 11.1 Å². The number of phenolic OH excluding ortho intramolecular Hbond substituents is 1. The Morgan fingerprint density at radius 3 is 2.65 bits per heavy atom. The van der Waals surface area contributed by atoms with Crippen LogP contribution >= 0.6 is 0 Å². The first-order valence-corrected chi connectivity index (χ1v) is 6.12. The van der Waals surface area contributed by atoms with E-state index in [1.807, 2.05) is 24.3 Å². The second-order valence-electron chi connectivity index (χ2n) is 4.53. The Labute approximate surface area is 101 Å². The van der Waals surface area contributed by atoms with Gasteiger partial charge in [-0.3, -0.25) is 4.98 Å². The van der Waals surface area contributed by atoms with Gasteiger partial charge in [0.15, 0.2) is 0 Å². The van der Waals surface area contributed by atoms with Gasteiger partial charge in [0.1, 0.15) is 5.75 Å². The van der Waals surface area contributed by atoms with Gasteiger partial charge < -0.3 is 5.11 Å². The summed E-state index contributed by atoms with van der Waals surface area (Å²) >= 11 is 0. The van der Waals surface area contributed by atoms with Crippen LogP contribution in [-0.4, -0.2) is 10.1 Å². The van der Waals surface area contributed by atoms with Gasteiger partial charge >= 0.3 is 0 Å². The van der Waals surface area contributed by atoms with Crippen LogP contribution in [-0.2, 0) is 12.8 Å². The molecule has 1 N–H and O–H groups in total. The molecule has 0 bridgehead atoms. The molecule has 0 saturated heterocycles. The highest BCUT2D eigenvalue weighted by molar-refractivity contribution is 5.66. The lowest BCUT2D eigenvalue weighted by Crippen LogP contribution is -2.05. The van der Waals surface area contributed by atoms with Gasteiger partial charge in [-0.1, -0.05) is 18.2 Å². The second-order valence-corrected chi connectivity index (χ2v) is 4.53. The number of fused-ring (bicyclic) bond motifs is 1. The second kappa shape index (κ2) is 4.21. The third-order valence-corrected chi connectivity index (χ3v) is 3.36. The SMILES string of the molecule is Oc1ccccc1-c1ccc2c(n1)CCCC2. The van der Waals surface area contributed by atoms with E-state index in [0.29, 0.717) is 5.75 Å². The van der Waals surface area contributed by atoms with Gasteiger partial charge in [-0.2, -0.15) is 0 Å². The van der Waals surface area contributed by atoms with Crippen LogP contribution in [0, 0.1) is 0 Å². The van der Waals surface area contributed by atoms with Crippen molar-refractivity contribution in [1.29, 1.82) is 0 Å². The number of rotatable bonds is 1. The summed E-state index contributed by atoms with van der Waals surface area (Å²) in [6.07, 6.45) is 4.70. The largest absolute Gasteiger partial charge is 0.507 e. The fourth-order valence-electron chi connectivity index (χ4n) is 2.42. The third-order valence-electron chi connectivity index (χ3n) is 3.36. The lowest BCUT2D eigenvalue weighted by Gasteiger charge is -2.15. The molecule has 0 atom stereocenters. The van der Waals surface area contributed by atoms with Crippen LogP contribution in [0.4, 0.5) is 0 Å². The molecule has 2 aromatic rings. The Bertz CT molecular complexity index is 548. The summed E-state index contributed by atoms with van der Waals surface area (Å²) in [6.45, 7) is 0. The molecule has 2 nitrogen and oxygen atoms in total. The Morgan fingerprint density at radius 1 is 0.941 bits per heavy atom. The zero-order valence-corrected chi connectivity index (χ0v) is 9.69. The Hall–Kier alpha value is -1.83. The van der Waals surface area contributed by atoms with Crippen LogP contribution in [0.2, 0.25) is 0 Å². The quantitative estimate of drug-likeness (QED) is 0.807. The van der Waals surface area contributed by atoms with Crippen molar-refractivity contribution in [1.82, 2.24) is 4.98 Å². The standard InChI is InChI=1S/C15H15NO/c17-15-8-4-2-6-12(15)14-10-9-11-5-1-3-7-13(11)16-14/h2,4,6,8-10,17H,1,3,5,7H2. The van der Waals surface area contributed by atoms with Crippen molar-refractivity contribution in [2.75, 3.05) is 0 Å². The molecular formula is C15H15NO. The average Bonchev–Trinajstić information content (AvgIpc) is 2.39. The molecular weight excluding hydrogens is 210 g/mol. The minimum Gasteiger partial charge on any atom is -0.507 e. The Kier molecular flexibility index (Phi) is 2.56. The van der Waals surface area contributed by atoms with Crippen molar-refractivity contribution >= 4 is 0 Å². The number of aromatic hydroxyl groups is 1. The van der Waals surface area contributed by atoms with Crippen LogP contribution in [0.5, 0.6) is 5.75 Å². The van der Waals surface area contributed by atoms with Gasteiger partial charge in [0, 0.05) is 11.3 Å². The predicted octanol–water partition coefficient (Wildman–Crippen LogP) is 3.33. The maximum Gasteiger partial charge on any atom is 0.124 e. The molecule has 86 valence electrons. The van der Waals surface area contributed by atoms with Gasteiger partial charge in [-0.25, -0.2) is 0 Å². The lowest BCUT2D eigenvalue weighted by molar-refractivity contribution is 0.477. The van der Waals surface area contributed by atoms with Crippen LogP contribution in [0.3, 0.4) is 0 Å². The number of pyridine rings is 1. The summed E-state index contributed by atoms with van der Waals surface area (Å²) in [7, 11) is 0. The summed E-state index contributed by atoms with van der Waals surface area (Å²) in [5.41, 5.74) is 4.28. The molecule has 17 heavy (non-hydrogen) atoms. The maximum absolute atomic E-state index is 9.83. The zero-order valence-electron chi connectivity index (χ0n) is 9.69. The average molecular weight is 225 g/mol. The summed E-state index contributed by atoms with van der Waals surface area (Å²) < 4.78 is 0. The summed E-state index contributed by atoms with van der Waals surface area (Å²) in [6, 6.07) is 11.5. The van der Waals surface area contributed by atoms with Crippen LogP contribution in [0.1, 0.15) is 24.1 Å². The van der Waals surface area contributed by atoms with Gasteiger partial charge in [-0.05, 0) is 49.4 Å². The van der Waals surface area contributed by atoms with Gasteiger partial charge in [-0.15, -0.1) is 0 Å². The van der Waals surface area contributed by atoms with E-state index >= 15 is 0 Å². The Morgan fingerprint density at radius 2 is 1.76 bits per heavy atom. The number of aryl methyl sites for hydroxylation is 2. The monoisotopic (exact) mass is 225 g/mol. The number of nitrogens with zero attached hydrogens (tertiary/aromatic N) is 1. The minimum atomic E-state index is 0.302. The molecule has 1 aromatic carbocycles. The number of benzene rings is 1. The van der Waals surface area contributed by atoms with Crippen molar-refractivity contribution in [3.05, 3.63) is 47.7 Å². The minimum absolute atomic E-state index is 0.302. The zero-order chi connectivity index (χ0) is 11.7. The van der Waals surface area contributed by atoms with Crippen molar-refractivity contribution in [2.45, 2.75) is 25.7 Å². The van der Waals surface area contributed by atoms with E-state index in [1.165, 1.54) is 24.1 Å². The van der Waals surface area contributed by atoms with Crippen molar-refractivity contribution in [3.8, 4) is 17.0 Å². The molecule has 2 heteroatoms. The highest BCUT2D eigenvalue weighted by Crippen LogP contribution is 2.29. The predicted molar refractivity (Wildman–Crippen MR) is 68.0 cm³/mol. The van der Waals surface area contributed by atoms with E-state index < -0.39 is 0 Å². The first-order chi connectivity index (χ1) is 8.34. The number of hydrogen-bond acceptors (Lipinski definition) is 2. The number of aromatic nitrogens is 1. The molecule has 0 unspecified atom stereocenters. The molecule has 0 spiro atoms. The topological polar surface area (TPSA) is 33.1 Å². The van der Waals surface area contributed by atoms with Crippen molar-refractivity contribution in [2.24, 2.45) is 0 Å². The third kappa shape index (κ3) is 1.91. The molecule has 1 aromatic heterocycles. The lowest BCUT2D eigenvalue weighted by atomic mass is 9.95. The molecule has 0 saturated carbocycles. The van der Waals surface area contributed by atoms with E-state index in [0.717, 1.165) is 24.1 Å². The maximum atomic E-state index is 9.83. The summed E-state index contributed by atoms with van der Waals surface area (Å²) in [5.74, 6) is 0.302. The van der Waals surface area contributed by atoms with E-state index in [9.17, 15) is 5.11 Å². The molecule has 0 radical (unpaired) electrons. The molecule has 0 amide bonds. The van der Waals surface area contributed by atoms with Crippen LogP contribution < -0.4 is 0 Å². The molecule has 0 fully saturated rings. The summed E-state index contributed by atoms with van der Waals surface area (Å²) in [5, 5.41) is 9.83. The van der Waals surface area contributed by atoms with Crippen molar-refractivity contribution in [3.63, 3.8) is 0 Å². The molecule has 0 aliphatic heterocycles. The number of para-hydroxylation sites is 1. The number of phenols is 1. The highest BCUT2D eigenvalue weighted by atomic mass is 16.3. The smallest absolute Gasteiger partial charge is 0.124 e. The first kappa shape index (κ1) is 10.3. The van der Waals surface area contributed by atoms with Crippen molar-refractivity contribution < 1.29 is 5.11 Å². The fraction of sp³-hybridized carbons (Fsp3) is 0.267.